The van der Waals surface area contributed by atoms with Crippen LogP contribution in [0.1, 0.15) is 50.6 Å². The van der Waals surface area contributed by atoms with Crippen LogP contribution in [0.25, 0.3) is 0 Å². The molecule has 1 fully saturated rings. The smallest absolute Gasteiger partial charge is 0.172 e. The second-order valence-electron chi connectivity index (χ2n) is 7.79. The SMILES string of the molecule is CCCC1CN(C(CN2CCCCC2)c2ccccc2)c2ncccc2O1. The van der Waals surface area contributed by atoms with Crippen LogP contribution in [0.4, 0.5) is 5.82 Å². The zero-order valence-corrected chi connectivity index (χ0v) is 16.4. The molecule has 2 unspecified atom stereocenters. The van der Waals surface area contributed by atoms with Gasteiger partial charge in [0.2, 0.25) is 0 Å². The molecule has 2 aromatic rings. The molecule has 144 valence electrons. The summed E-state index contributed by atoms with van der Waals surface area (Å²) in [4.78, 5) is 9.85. The van der Waals surface area contributed by atoms with Crippen molar-refractivity contribution in [3.05, 3.63) is 54.2 Å². The third-order valence-corrected chi connectivity index (χ3v) is 5.77. The molecule has 0 saturated carbocycles. The molecule has 0 N–H and O–H groups in total. The van der Waals surface area contributed by atoms with E-state index in [1.807, 2.05) is 12.3 Å². The van der Waals surface area contributed by atoms with Crippen molar-refractivity contribution in [1.29, 1.82) is 0 Å². The number of aromatic nitrogens is 1. The van der Waals surface area contributed by atoms with E-state index in [-0.39, 0.29) is 6.10 Å². The first kappa shape index (κ1) is 18.3. The summed E-state index contributed by atoms with van der Waals surface area (Å²) in [7, 11) is 0. The molecule has 0 aliphatic carbocycles. The minimum atomic E-state index is 0.235. The number of hydrogen-bond donors (Lipinski definition) is 0. The summed E-state index contributed by atoms with van der Waals surface area (Å²) >= 11 is 0. The largest absolute Gasteiger partial charge is 0.485 e. The second kappa shape index (κ2) is 8.75. The first-order valence-electron chi connectivity index (χ1n) is 10.5. The topological polar surface area (TPSA) is 28.6 Å². The van der Waals surface area contributed by atoms with Crippen molar-refractivity contribution in [2.45, 2.75) is 51.2 Å². The number of hydrogen-bond acceptors (Lipinski definition) is 4. The molecule has 27 heavy (non-hydrogen) atoms. The number of nitrogens with zero attached hydrogens (tertiary/aromatic N) is 3. The van der Waals surface area contributed by atoms with Gasteiger partial charge >= 0.3 is 0 Å². The number of anilines is 1. The van der Waals surface area contributed by atoms with E-state index in [9.17, 15) is 0 Å². The van der Waals surface area contributed by atoms with Crippen LogP contribution in [-0.4, -0.2) is 42.2 Å². The Morgan fingerprint density at radius 2 is 1.89 bits per heavy atom. The van der Waals surface area contributed by atoms with E-state index >= 15 is 0 Å². The van der Waals surface area contributed by atoms with Crippen molar-refractivity contribution in [3.8, 4) is 5.75 Å². The predicted octanol–water partition coefficient (Wildman–Crippen LogP) is 4.68. The van der Waals surface area contributed by atoms with Crippen LogP contribution in [0.5, 0.6) is 5.75 Å². The van der Waals surface area contributed by atoms with Gasteiger partial charge in [0.1, 0.15) is 6.10 Å². The molecule has 4 rings (SSSR count). The zero-order chi connectivity index (χ0) is 18.5. The van der Waals surface area contributed by atoms with Crippen LogP contribution in [0, 0.1) is 0 Å². The van der Waals surface area contributed by atoms with E-state index in [4.69, 9.17) is 9.72 Å². The van der Waals surface area contributed by atoms with Crippen LogP contribution in [0.3, 0.4) is 0 Å². The molecule has 2 aliphatic rings. The minimum Gasteiger partial charge on any atom is -0.485 e. The van der Waals surface area contributed by atoms with Gasteiger partial charge in [-0.3, -0.25) is 0 Å². The van der Waals surface area contributed by atoms with Gasteiger partial charge in [-0.15, -0.1) is 0 Å². The number of ether oxygens (including phenoxy) is 1. The third-order valence-electron chi connectivity index (χ3n) is 5.77. The lowest BCUT2D eigenvalue weighted by Crippen LogP contribution is -2.47. The first-order valence-corrected chi connectivity index (χ1v) is 10.5. The molecule has 0 radical (unpaired) electrons. The average molecular weight is 366 g/mol. The Balaban J connectivity index is 1.67. The van der Waals surface area contributed by atoms with E-state index in [1.54, 1.807) is 0 Å². The summed E-state index contributed by atoms with van der Waals surface area (Å²) in [5.41, 5.74) is 1.37. The van der Waals surface area contributed by atoms with Crippen molar-refractivity contribution in [2.24, 2.45) is 0 Å². The van der Waals surface area contributed by atoms with Crippen LogP contribution < -0.4 is 9.64 Å². The fraction of sp³-hybridized carbons (Fsp3) is 0.522. The molecule has 0 spiro atoms. The van der Waals surface area contributed by atoms with Gasteiger partial charge in [0.15, 0.2) is 11.6 Å². The Labute approximate surface area is 163 Å². The number of likely N-dealkylation sites (tertiary alicyclic amines) is 1. The highest BCUT2D eigenvalue weighted by Gasteiger charge is 2.33. The number of rotatable bonds is 6. The van der Waals surface area contributed by atoms with Gasteiger partial charge in [-0.1, -0.05) is 50.1 Å². The fourth-order valence-electron chi connectivity index (χ4n) is 4.41. The molecule has 4 nitrogen and oxygen atoms in total. The molecule has 3 heterocycles. The molecular formula is C23H31N3O. The molecule has 4 heteroatoms. The maximum absolute atomic E-state index is 6.26. The summed E-state index contributed by atoms with van der Waals surface area (Å²) in [6.45, 7) is 6.61. The molecule has 2 atom stereocenters. The summed E-state index contributed by atoms with van der Waals surface area (Å²) in [6, 6.07) is 15.3. The lowest BCUT2D eigenvalue weighted by Gasteiger charge is -2.42. The third kappa shape index (κ3) is 4.27. The van der Waals surface area contributed by atoms with E-state index < -0.39 is 0 Å². The lowest BCUT2D eigenvalue weighted by atomic mass is 10.0. The van der Waals surface area contributed by atoms with Gasteiger partial charge in [-0.25, -0.2) is 4.98 Å². The van der Waals surface area contributed by atoms with Gasteiger partial charge < -0.3 is 14.5 Å². The summed E-state index contributed by atoms with van der Waals surface area (Å²) < 4.78 is 6.26. The van der Waals surface area contributed by atoms with E-state index in [0.717, 1.165) is 37.5 Å². The standard InChI is InChI=1S/C23H31N3O/c1-2-10-20-17-26(23-22(27-20)13-9-14-24-23)21(19-11-5-3-6-12-19)18-25-15-7-4-8-16-25/h3,5-6,9,11-14,20-21H,2,4,7-8,10,15-18H2,1H3. The number of benzene rings is 1. The predicted molar refractivity (Wildman–Crippen MR) is 110 cm³/mol. The highest BCUT2D eigenvalue weighted by molar-refractivity contribution is 5.56. The van der Waals surface area contributed by atoms with Crippen molar-refractivity contribution in [3.63, 3.8) is 0 Å². The molecule has 1 aromatic heterocycles. The highest BCUT2D eigenvalue weighted by Crippen LogP contribution is 2.38. The molecule has 1 saturated heterocycles. The number of piperidine rings is 1. The monoisotopic (exact) mass is 365 g/mol. The Hall–Kier alpha value is -2.07. The van der Waals surface area contributed by atoms with Crippen molar-refractivity contribution < 1.29 is 4.74 Å². The van der Waals surface area contributed by atoms with Crippen molar-refractivity contribution >= 4 is 5.82 Å². The Kier molecular flexibility index (Phi) is 5.93. The fourth-order valence-corrected chi connectivity index (χ4v) is 4.41. The van der Waals surface area contributed by atoms with Crippen LogP contribution in [0.15, 0.2) is 48.7 Å². The minimum absolute atomic E-state index is 0.235. The highest BCUT2D eigenvalue weighted by atomic mass is 16.5. The van der Waals surface area contributed by atoms with Gasteiger partial charge in [0, 0.05) is 12.7 Å². The number of fused-ring (bicyclic) bond motifs is 1. The average Bonchev–Trinajstić information content (AvgIpc) is 2.73. The summed E-state index contributed by atoms with van der Waals surface area (Å²) in [5.74, 6) is 1.93. The first-order chi connectivity index (χ1) is 13.3. The Morgan fingerprint density at radius 1 is 1.07 bits per heavy atom. The Morgan fingerprint density at radius 3 is 2.67 bits per heavy atom. The van der Waals surface area contributed by atoms with Gasteiger partial charge in [0.05, 0.1) is 12.6 Å². The van der Waals surface area contributed by atoms with E-state index in [1.165, 1.54) is 37.9 Å². The summed E-state index contributed by atoms with van der Waals surface area (Å²) in [6.07, 6.45) is 8.34. The maximum atomic E-state index is 6.26. The molecule has 2 aliphatic heterocycles. The van der Waals surface area contributed by atoms with Crippen molar-refractivity contribution in [1.82, 2.24) is 9.88 Å². The maximum Gasteiger partial charge on any atom is 0.172 e. The molecule has 1 aromatic carbocycles. The normalized spacial score (nSPS) is 21.4. The van der Waals surface area contributed by atoms with Gasteiger partial charge in [-0.2, -0.15) is 0 Å². The van der Waals surface area contributed by atoms with Crippen LogP contribution in [0.2, 0.25) is 0 Å². The summed E-state index contributed by atoms with van der Waals surface area (Å²) in [5, 5.41) is 0. The molecule has 0 bridgehead atoms. The van der Waals surface area contributed by atoms with E-state index in [2.05, 4.69) is 53.1 Å². The molecular weight excluding hydrogens is 334 g/mol. The van der Waals surface area contributed by atoms with Gasteiger partial charge in [0.25, 0.3) is 0 Å². The molecule has 0 amide bonds. The quantitative estimate of drug-likeness (QED) is 0.743. The second-order valence-corrected chi connectivity index (χ2v) is 7.79. The van der Waals surface area contributed by atoms with Crippen molar-refractivity contribution in [2.75, 3.05) is 31.1 Å². The lowest BCUT2D eigenvalue weighted by molar-refractivity contribution is 0.165. The zero-order valence-electron chi connectivity index (χ0n) is 16.4. The van der Waals surface area contributed by atoms with Crippen LogP contribution >= 0.6 is 0 Å². The van der Waals surface area contributed by atoms with Crippen LogP contribution in [-0.2, 0) is 0 Å². The Bertz CT molecular complexity index is 715. The number of pyridine rings is 1. The van der Waals surface area contributed by atoms with E-state index in [0.29, 0.717) is 6.04 Å². The van der Waals surface area contributed by atoms with Gasteiger partial charge in [-0.05, 0) is 50.0 Å².